The molecule has 0 unspecified atom stereocenters. The third-order valence-electron chi connectivity index (χ3n) is 5.34. The first-order chi connectivity index (χ1) is 14.7. The van der Waals surface area contributed by atoms with Crippen molar-refractivity contribution in [1.82, 2.24) is 9.88 Å². The van der Waals surface area contributed by atoms with Gasteiger partial charge in [0.15, 0.2) is 11.5 Å². The molecular formula is C24H20ClFN2O2. The maximum atomic E-state index is 14.3. The van der Waals surface area contributed by atoms with Gasteiger partial charge in [-0.25, -0.2) is 4.39 Å². The Morgan fingerprint density at radius 3 is 2.73 bits per heavy atom. The van der Waals surface area contributed by atoms with E-state index in [9.17, 15) is 4.39 Å². The molecule has 1 N–H and O–H groups in total. The molecule has 0 aliphatic carbocycles. The smallest absolute Gasteiger partial charge is 0.231 e. The van der Waals surface area contributed by atoms with Gasteiger partial charge in [0.25, 0.3) is 0 Å². The van der Waals surface area contributed by atoms with Gasteiger partial charge in [-0.3, -0.25) is 0 Å². The second-order valence-corrected chi connectivity index (χ2v) is 7.70. The van der Waals surface area contributed by atoms with E-state index in [-0.39, 0.29) is 12.6 Å². The zero-order chi connectivity index (χ0) is 20.5. The van der Waals surface area contributed by atoms with Gasteiger partial charge in [-0.05, 0) is 41.5 Å². The highest BCUT2D eigenvalue weighted by atomic mass is 35.5. The van der Waals surface area contributed by atoms with Gasteiger partial charge in [-0.1, -0.05) is 41.9 Å². The van der Waals surface area contributed by atoms with E-state index in [0.29, 0.717) is 30.2 Å². The number of aromatic nitrogens is 1. The third-order valence-corrected chi connectivity index (χ3v) is 5.70. The Morgan fingerprint density at radius 2 is 1.83 bits per heavy atom. The number of fused-ring (bicyclic) bond motifs is 2. The normalized spacial score (nSPS) is 12.6. The summed E-state index contributed by atoms with van der Waals surface area (Å²) in [4.78, 5) is 0. The molecule has 0 radical (unpaired) electrons. The summed E-state index contributed by atoms with van der Waals surface area (Å²) >= 11 is 6.24. The molecule has 152 valence electrons. The summed E-state index contributed by atoms with van der Waals surface area (Å²) in [5, 5.41) is 5.07. The minimum Gasteiger partial charge on any atom is -0.454 e. The number of rotatable bonds is 6. The molecule has 0 fully saturated rings. The van der Waals surface area contributed by atoms with Gasteiger partial charge in [0, 0.05) is 40.8 Å². The van der Waals surface area contributed by atoms with Crippen LogP contribution in [-0.2, 0) is 19.6 Å². The Labute approximate surface area is 178 Å². The highest BCUT2D eigenvalue weighted by Gasteiger charge is 2.14. The maximum Gasteiger partial charge on any atom is 0.231 e. The van der Waals surface area contributed by atoms with Gasteiger partial charge in [0.2, 0.25) is 6.79 Å². The minimum absolute atomic E-state index is 0.276. The molecule has 0 bridgehead atoms. The topological polar surface area (TPSA) is 35.4 Å². The first-order valence-corrected chi connectivity index (χ1v) is 10.2. The van der Waals surface area contributed by atoms with Crippen LogP contribution >= 0.6 is 11.6 Å². The standard InChI is InChI=1S/C24H20ClFN2O2/c25-20-5-3-6-21(26)19(20)14-28-13-17(18-4-1-2-7-22(18)28)12-27-11-16-8-9-23-24(10-16)30-15-29-23/h1-10,13,27H,11-12,14-15H2. The summed E-state index contributed by atoms with van der Waals surface area (Å²) in [6.45, 7) is 2.05. The lowest BCUT2D eigenvalue weighted by molar-refractivity contribution is 0.174. The number of halogens is 2. The van der Waals surface area contributed by atoms with Crippen molar-refractivity contribution in [2.24, 2.45) is 0 Å². The van der Waals surface area contributed by atoms with Crippen molar-refractivity contribution in [2.45, 2.75) is 19.6 Å². The summed E-state index contributed by atoms with van der Waals surface area (Å²) in [6.07, 6.45) is 2.07. The molecule has 0 atom stereocenters. The molecule has 0 saturated heterocycles. The number of hydrogen-bond donors (Lipinski definition) is 1. The van der Waals surface area contributed by atoms with Crippen LogP contribution in [0.15, 0.2) is 66.9 Å². The minimum atomic E-state index is -0.289. The van der Waals surface area contributed by atoms with Crippen LogP contribution in [-0.4, -0.2) is 11.4 Å². The Kier molecular flexibility index (Phi) is 5.07. The first kappa shape index (κ1) is 19.0. The van der Waals surface area contributed by atoms with Crippen LogP contribution in [0.1, 0.15) is 16.7 Å². The zero-order valence-corrected chi connectivity index (χ0v) is 17.0. The summed E-state index contributed by atoms with van der Waals surface area (Å²) in [5.41, 5.74) is 3.83. The third kappa shape index (κ3) is 3.62. The molecule has 5 rings (SSSR count). The molecule has 0 spiro atoms. The fraction of sp³-hybridized carbons (Fsp3) is 0.167. The average Bonchev–Trinajstić information content (AvgIpc) is 3.35. The van der Waals surface area contributed by atoms with Crippen LogP contribution in [0.25, 0.3) is 10.9 Å². The second-order valence-electron chi connectivity index (χ2n) is 7.29. The number of nitrogens with one attached hydrogen (secondary N) is 1. The lowest BCUT2D eigenvalue weighted by Crippen LogP contribution is -2.12. The van der Waals surface area contributed by atoms with Crippen molar-refractivity contribution >= 4 is 22.5 Å². The van der Waals surface area contributed by atoms with Crippen molar-refractivity contribution in [3.05, 3.63) is 94.4 Å². The number of para-hydroxylation sites is 1. The molecule has 30 heavy (non-hydrogen) atoms. The number of benzene rings is 3. The van der Waals surface area contributed by atoms with Crippen LogP contribution in [0, 0.1) is 5.82 Å². The number of hydrogen-bond acceptors (Lipinski definition) is 3. The van der Waals surface area contributed by atoms with Crippen molar-refractivity contribution in [1.29, 1.82) is 0 Å². The van der Waals surface area contributed by atoms with Gasteiger partial charge < -0.3 is 19.4 Å². The highest BCUT2D eigenvalue weighted by molar-refractivity contribution is 6.31. The van der Waals surface area contributed by atoms with Gasteiger partial charge in [0.1, 0.15) is 5.82 Å². The van der Waals surface area contributed by atoms with E-state index >= 15 is 0 Å². The van der Waals surface area contributed by atoms with Crippen molar-refractivity contribution in [3.8, 4) is 11.5 Å². The van der Waals surface area contributed by atoms with Crippen LogP contribution in [0.3, 0.4) is 0 Å². The lowest BCUT2D eigenvalue weighted by Gasteiger charge is -2.08. The molecular weight excluding hydrogens is 403 g/mol. The van der Waals surface area contributed by atoms with E-state index in [1.807, 2.05) is 36.4 Å². The summed E-state index contributed by atoms with van der Waals surface area (Å²) in [7, 11) is 0. The molecule has 4 aromatic rings. The second kappa shape index (κ2) is 8.01. The van der Waals surface area contributed by atoms with Crippen molar-refractivity contribution in [3.63, 3.8) is 0 Å². The molecule has 0 saturated carbocycles. The first-order valence-electron chi connectivity index (χ1n) is 9.78. The molecule has 6 heteroatoms. The van der Waals surface area contributed by atoms with E-state index in [2.05, 4.69) is 22.1 Å². The summed E-state index contributed by atoms with van der Waals surface area (Å²) in [5.74, 6) is 1.28. The van der Waals surface area contributed by atoms with Crippen molar-refractivity contribution in [2.75, 3.05) is 6.79 Å². The summed E-state index contributed by atoms with van der Waals surface area (Å²) < 4.78 is 27.2. The lowest BCUT2D eigenvalue weighted by atomic mass is 10.1. The largest absolute Gasteiger partial charge is 0.454 e. The Bertz CT molecular complexity index is 1200. The van der Waals surface area contributed by atoms with E-state index < -0.39 is 0 Å². The molecule has 3 aromatic carbocycles. The van der Waals surface area contributed by atoms with Crippen molar-refractivity contribution < 1.29 is 13.9 Å². The van der Waals surface area contributed by atoms with Gasteiger partial charge >= 0.3 is 0 Å². The number of nitrogens with zero attached hydrogens (tertiary/aromatic N) is 1. The Balaban J connectivity index is 1.36. The van der Waals surface area contributed by atoms with Gasteiger partial charge in [-0.15, -0.1) is 0 Å². The predicted molar refractivity (Wildman–Crippen MR) is 116 cm³/mol. The SMILES string of the molecule is Fc1cccc(Cl)c1Cn1cc(CNCc2ccc3c(c2)OCO3)c2ccccc21. The molecule has 2 heterocycles. The zero-order valence-electron chi connectivity index (χ0n) is 16.2. The molecule has 4 nitrogen and oxygen atoms in total. The van der Waals surface area contributed by atoms with Crippen LogP contribution in [0.5, 0.6) is 11.5 Å². The average molecular weight is 423 g/mol. The Hall–Kier alpha value is -3.02. The van der Waals surface area contributed by atoms with E-state index in [1.165, 1.54) is 6.07 Å². The molecule has 1 aliphatic rings. The fourth-order valence-corrected chi connectivity index (χ4v) is 4.06. The van der Waals surface area contributed by atoms with Crippen LogP contribution in [0.2, 0.25) is 5.02 Å². The summed E-state index contributed by atoms with van der Waals surface area (Å²) in [6, 6.07) is 18.9. The van der Waals surface area contributed by atoms with Gasteiger partial charge in [0.05, 0.1) is 6.54 Å². The van der Waals surface area contributed by atoms with Crippen LogP contribution in [0.4, 0.5) is 4.39 Å². The van der Waals surface area contributed by atoms with E-state index in [0.717, 1.165) is 33.5 Å². The monoisotopic (exact) mass is 422 g/mol. The maximum absolute atomic E-state index is 14.3. The highest BCUT2D eigenvalue weighted by Crippen LogP contribution is 2.32. The predicted octanol–water partition coefficient (Wildman–Crippen LogP) is 5.50. The molecule has 0 amide bonds. The van der Waals surface area contributed by atoms with Gasteiger partial charge in [-0.2, -0.15) is 0 Å². The number of ether oxygens (including phenoxy) is 2. The van der Waals surface area contributed by atoms with E-state index in [4.69, 9.17) is 21.1 Å². The Morgan fingerprint density at radius 1 is 0.967 bits per heavy atom. The molecule has 1 aliphatic heterocycles. The quantitative estimate of drug-likeness (QED) is 0.445. The molecule has 1 aromatic heterocycles. The van der Waals surface area contributed by atoms with Crippen LogP contribution < -0.4 is 14.8 Å². The fourth-order valence-electron chi connectivity index (χ4n) is 3.84. The van der Waals surface area contributed by atoms with E-state index in [1.54, 1.807) is 12.1 Å².